The molecule has 5 rings (SSSR count). The number of rotatable bonds is 2. The standard InChI is InChI=1S/C34H6F4N8/c1-43-19-8-17(9-20(10-19)44-2)21(13-41)23-25-28(34(46-4)32(23)38)31(37)26-24(30(25)36)22(14-42)29(35)27(26)33(45-3)18-6-15(11-39)5-16(7-18)12-40/h5-10H/b23-21-,33-27+. The van der Waals surface area contributed by atoms with Crippen molar-refractivity contribution in [1.82, 2.24) is 0 Å². The molecule has 0 aromatic heterocycles. The topological polar surface area (TPSA) is 113 Å². The minimum absolute atomic E-state index is 0.123. The first-order valence-electron chi connectivity index (χ1n) is 12.4. The Bertz CT molecular complexity index is 2250. The highest BCUT2D eigenvalue weighted by atomic mass is 19.1. The molecule has 2 aliphatic carbocycles. The Morgan fingerprint density at radius 3 is 1.63 bits per heavy atom. The Morgan fingerprint density at radius 2 is 1.15 bits per heavy atom. The van der Waals surface area contributed by atoms with E-state index in [1.807, 2.05) is 0 Å². The molecule has 0 heterocycles. The summed E-state index contributed by atoms with van der Waals surface area (Å²) >= 11 is 0. The molecule has 12 heteroatoms. The maximum absolute atomic E-state index is 16.6. The predicted octanol–water partition coefficient (Wildman–Crippen LogP) is 8.82. The van der Waals surface area contributed by atoms with Gasteiger partial charge in [0, 0.05) is 33.4 Å². The molecule has 0 aliphatic heterocycles. The third-order valence-corrected chi connectivity index (χ3v) is 7.08. The average Bonchev–Trinajstić information content (AvgIpc) is 3.54. The summed E-state index contributed by atoms with van der Waals surface area (Å²) in [6, 6.07) is 13.4. The Balaban J connectivity index is 1.97. The summed E-state index contributed by atoms with van der Waals surface area (Å²) in [7, 11) is 0. The van der Waals surface area contributed by atoms with Crippen molar-refractivity contribution in [3.8, 4) is 24.3 Å². The van der Waals surface area contributed by atoms with Gasteiger partial charge in [0.05, 0.1) is 60.7 Å². The van der Waals surface area contributed by atoms with E-state index in [-0.39, 0.29) is 33.6 Å². The van der Waals surface area contributed by atoms with Crippen LogP contribution in [0.15, 0.2) is 48.1 Å². The molecular weight excluding hydrogens is 596 g/mol. The summed E-state index contributed by atoms with van der Waals surface area (Å²) < 4.78 is 65.3. The van der Waals surface area contributed by atoms with Gasteiger partial charge in [0.15, 0.2) is 11.4 Å². The van der Waals surface area contributed by atoms with Crippen LogP contribution in [0.2, 0.25) is 0 Å². The zero-order valence-corrected chi connectivity index (χ0v) is 22.6. The van der Waals surface area contributed by atoms with E-state index in [0.717, 1.165) is 24.3 Å². The Hall–Kier alpha value is -7.74. The molecule has 0 saturated carbocycles. The van der Waals surface area contributed by atoms with Crippen LogP contribution in [0.4, 0.5) is 28.9 Å². The molecule has 0 unspecified atom stereocenters. The molecule has 8 nitrogen and oxygen atoms in total. The van der Waals surface area contributed by atoms with E-state index in [1.165, 1.54) is 18.2 Å². The lowest BCUT2D eigenvalue weighted by molar-refractivity contribution is 0.590. The Morgan fingerprint density at radius 1 is 0.587 bits per heavy atom. The predicted molar refractivity (Wildman–Crippen MR) is 155 cm³/mol. The van der Waals surface area contributed by atoms with Crippen LogP contribution in [0.3, 0.4) is 0 Å². The molecule has 210 valence electrons. The van der Waals surface area contributed by atoms with Crippen LogP contribution in [0.5, 0.6) is 0 Å². The third-order valence-electron chi connectivity index (χ3n) is 7.08. The first-order chi connectivity index (χ1) is 22.1. The lowest BCUT2D eigenvalue weighted by atomic mass is 9.89. The van der Waals surface area contributed by atoms with E-state index in [9.17, 15) is 21.0 Å². The van der Waals surface area contributed by atoms with Crippen LogP contribution in [0.25, 0.3) is 53.1 Å². The number of hydrogen-bond acceptors (Lipinski definition) is 4. The van der Waals surface area contributed by atoms with E-state index >= 15 is 17.6 Å². The van der Waals surface area contributed by atoms with E-state index in [2.05, 4.69) is 19.4 Å². The molecule has 0 saturated heterocycles. The van der Waals surface area contributed by atoms with Crippen molar-refractivity contribution in [2.45, 2.75) is 0 Å². The molecule has 3 aromatic carbocycles. The Labute approximate surface area is 257 Å². The number of nitrogens with zero attached hydrogens (tertiary/aromatic N) is 8. The zero-order chi connectivity index (χ0) is 33.4. The van der Waals surface area contributed by atoms with Crippen molar-refractivity contribution < 1.29 is 17.6 Å². The van der Waals surface area contributed by atoms with Crippen molar-refractivity contribution in [3.63, 3.8) is 0 Å². The van der Waals surface area contributed by atoms with Gasteiger partial charge in [-0.25, -0.2) is 36.9 Å². The minimum atomic E-state index is -1.58. The summed E-state index contributed by atoms with van der Waals surface area (Å²) in [6.45, 7) is 29.9. The van der Waals surface area contributed by atoms with Crippen molar-refractivity contribution in [2.24, 2.45) is 0 Å². The molecule has 0 N–H and O–H groups in total. The first kappa shape index (κ1) is 29.7. The highest BCUT2D eigenvalue weighted by molar-refractivity contribution is 6.17. The molecule has 0 bridgehead atoms. The summed E-state index contributed by atoms with van der Waals surface area (Å²) in [6.07, 6.45) is 0. The first-order valence-corrected chi connectivity index (χ1v) is 12.4. The summed E-state index contributed by atoms with van der Waals surface area (Å²) in [4.78, 5) is 12.7. The average molecular weight is 602 g/mol. The summed E-state index contributed by atoms with van der Waals surface area (Å²) in [5.41, 5.74) is -10.3. The number of fused-ring (bicyclic) bond motifs is 2. The lowest BCUT2D eigenvalue weighted by Gasteiger charge is -2.15. The van der Waals surface area contributed by atoms with Gasteiger partial charge < -0.3 is 0 Å². The van der Waals surface area contributed by atoms with Crippen LogP contribution >= 0.6 is 0 Å². The molecule has 46 heavy (non-hydrogen) atoms. The van der Waals surface area contributed by atoms with Crippen LogP contribution in [0, 0.1) is 83.2 Å². The molecule has 0 amide bonds. The van der Waals surface area contributed by atoms with Gasteiger partial charge in [0.2, 0.25) is 11.4 Å². The zero-order valence-electron chi connectivity index (χ0n) is 22.6. The van der Waals surface area contributed by atoms with E-state index in [4.69, 9.17) is 26.3 Å². The van der Waals surface area contributed by atoms with E-state index in [0.29, 0.717) is 0 Å². The van der Waals surface area contributed by atoms with Crippen molar-refractivity contribution >= 4 is 45.1 Å². The SMILES string of the molecule is [C-]#[N+]C1=C(F)/C(=C(/C#N)c2cc([N+]#[C-])cc([N+]#[C-])c2)c2c(F)c3c(c(F)c21)/C(=C(\[N+]#[C-])c1cc(C#N)cc(C#N)c1)C(F)=C3C#N. The fourth-order valence-electron chi connectivity index (χ4n) is 5.26. The smallest absolute Gasteiger partial charge is 0.233 e. The van der Waals surface area contributed by atoms with Gasteiger partial charge in [-0.3, -0.25) is 0 Å². The molecule has 0 spiro atoms. The second-order valence-electron chi connectivity index (χ2n) is 9.38. The molecule has 2 aliphatic rings. The Kier molecular flexibility index (Phi) is 7.21. The van der Waals surface area contributed by atoms with Crippen LogP contribution in [0.1, 0.15) is 44.5 Å². The van der Waals surface area contributed by atoms with Gasteiger partial charge in [-0.15, -0.1) is 0 Å². The molecule has 0 radical (unpaired) electrons. The molecule has 0 atom stereocenters. The van der Waals surface area contributed by atoms with Gasteiger partial charge in [0.1, 0.15) is 35.4 Å². The van der Waals surface area contributed by atoms with Crippen LogP contribution in [-0.2, 0) is 0 Å². The van der Waals surface area contributed by atoms with E-state index < -0.39 is 79.2 Å². The molecule has 3 aromatic rings. The highest BCUT2D eigenvalue weighted by Gasteiger charge is 2.44. The number of nitriles is 4. The number of halogens is 4. The van der Waals surface area contributed by atoms with Crippen LogP contribution < -0.4 is 0 Å². The van der Waals surface area contributed by atoms with Crippen molar-refractivity contribution in [2.75, 3.05) is 0 Å². The lowest BCUT2D eigenvalue weighted by Crippen LogP contribution is -2.05. The number of allylic oxidation sites excluding steroid dienone is 6. The fraction of sp³-hybridized carbons (Fsp3) is 0. The van der Waals surface area contributed by atoms with Gasteiger partial charge in [-0.2, -0.15) is 21.0 Å². The fourth-order valence-corrected chi connectivity index (χ4v) is 5.26. The maximum Gasteiger partial charge on any atom is 0.233 e. The number of benzene rings is 3. The highest BCUT2D eigenvalue weighted by Crippen LogP contribution is 2.56. The van der Waals surface area contributed by atoms with Crippen molar-refractivity contribution in [3.05, 3.63) is 150 Å². The maximum atomic E-state index is 16.6. The van der Waals surface area contributed by atoms with Crippen molar-refractivity contribution in [1.29, 1.82) is 21.0 Å². The largest absolute Gasteiger partial charge is 0.239 e. The van der Waals surface area contributed by atoms with Gasteiger partial charge >= 0.3 is 0 Å². The summed E-state index contributed by atoms with van der Waals surface area (Å²) in [5, 5.41) is 38.7. The monoisotopic (exact) mass is 602 g/mol. The molecule has 0 fully saturated rings. The van der Waals surface area contributed by atoms with Gasteiger partial charge in [-0.05, 0) is 29.3 Å². The second-order valence-corrected chi connectivity index (χ2v) is 9.38. The number of hydrogen-bond donors (Lipinski definition) is 0. The summed E-state index contributed by atoms with van der Waals surface area (Å²) in [5.74, 6) is -6.22. The molecular formula is C34H6F4N8. The quantitative estimate of drug-likeness (QED) is 0.166. The second kappa shape index (κ2) is 11.2. The van der Waals surface area contributed by atoms with Gasteiger partial charge in [-0.1, -0.05) is 18.2 Å². The third kappa shape index (κ3) is 4.15. The minimum Gasteiger partial charge on any atom is -0.239 e. The van der Waals surface area contributed by atoms with Gasteiger partial charge in [0.25, 0.3) is 0 Å². The normalized spacial score (nSPS) is 14.7. The van der Waals surface area contributed by atoms with Crippen LogP contribution in [-0.4, -0.2) is 0 Å². The van der Waals surface area contributed by atoms with E-state index in [1.54, 1.807) is 18.2 Å².